The number of nitrogens with one attached hydrogen (secondary N) is 2. The first kappa shape index (κ1) is 23.7. The van der Waals surface area contributed by atoms with Crippen LogP contribution in [-0.2, 0) is 22.5 Å². The van der Waals surface area contributed by atoms with E-state index in [9.17, 15) is 9.59 Å². The smallest absolute Gasteiger partial charge is 0.360 e. The molecule has 2 aromatic carbocycles. The molecule has 2 atom stereocenters. The molecule has 0 spiro atoms. The van der Waals surface area contributed by atoms with Crippen molar-refractivity contribution >= 4 is 22.8 Å². The SMILES string of the molecule is COC(=O)c1cn([C@@H]2C[C@@H](C(=O)NCCc3c[nH]c4ccccc34)N(Cc3ccccc3C)C2)nn1. The number of likely N-dealkylation sites (tertiary alicyclic amines) is 1. The van der Waals surface area contributed by atoms with E-state index >= 15 is 0 Å². The Morgan fingerprint density at radius 1 is 1.14 bits per heavy atom. The Balaban J connectivity index is 1.29. The molecular weight excluding hydrogens is 456 g/mol. The maximum absolute atomic E-state index is 13.4. The third kappa shape index (κ3) is 4.87. The summed E-state index contributed by atoms with van der Waals surface area (Å²) in [7, 11) is 1.32. The summed E-state index contributed by atoms with van der Waals surface area (Å²) in [6.07, 6.45) is 4.93. The highest BCUT2D eigenvalue weighted by atomic mass is 16.5. The van der Waals surface area contributed by atoms with Gasteiger partial charge in [-0.1, -0.05) is 47.7 Å². The molecule has 3 heterocycles. The van der Waals surface area contributed by atoms with Crippen LogP contribution >= 0.6 is 0 Å². The largest absolute Gasteiger partial charge is 0.464 e. The topological polar surface area (TPSA) is 105 Å². The number of ether oxygens (including phenoxy) is 1. The minimum Gasteiger partial charge on any atom is -0.464 e. The van der Waals surface area contributed by atoms with Crippen LogP contribution in [0.25, 0.3) is 10.9 Å². The van der Waals surface area contributed by atoms with Crippen molar-refractivity contribution in [3.05, 3.63) is 83.3 Å². The van der Waals surface area contributed by atoms with Crippen molar-refractivity contribution in [1.82, 2.24) is 30.2 Å². The van der Waals surface area contributed by atoms with Crippen LogP contribution in [0.1, 0.15) is 39.6 Å². The second-order valence-electron chi connectivity index (χ2n) is 9.24. The lowest BCUT2D eigenvalue weighted by Crippen LogP contribution is -2.43. The van der Waals surface area contributed by atoms with Crippen molar-refractivity contribution in [3.8, 4) is 0 Å². The summed E-state index contributed by atoms with van der Waals surface area (Å²) in [4.78, 5) is 30.7. The van der Waals surface area contributed by atoms with Gasteiger partial charge in [0.15, 0.2) is 5.69 Å². The fraction of sp³-hybridized carbons (Fsp3) is 0.333. The quantitative estimate of drug-likeness (QED) is 0.371. The number of benzene rings is 2. The summed E-state index contributed by atoms with van der Waals surface area (Å²) in [5.41, 5.74) is 4.82. The molecule has 0 unspecified atom stereocenters. The molecule has 0 radical (unpaired) electrons. The van der Waals surface area contributed by atoms with Gasteiger partial charge in [0.05, 0.1) is 25.4 Å². The van der Waals surface area contributed by atoms with Crippen LogP contribution in [0.15, 0.2) is 60.9 Å². The van der Waals surface area contributed by atoms with E-state index < -0.39 is 5.97 Å². The van der Waals surface area contributed by atoms with Gasteiger partial charge in [0, 0.05) is 36.7 Å². The van der Waals surface area contributed by atoms with E-state index in [1.807, 2.05) is 30.5 Å². The third-order valence-corrected chi connectivity index (χ3v) is 6.97. The lowest BCUT2D eigenvalue weighted by atomic mass is 10.1. The first-order valence-electron chi connectivity index (χ1n) is 12.1. The van der Waals surface area contributed by atoms with E-state index in [0.29, 0.717) is 26.1 Å². The number of para-hydroxylation sites is 1. The van der Waals surface area contributed by atoms with Crippen LogP contribution in [0.5, 0.6) is 0 Å². The van der Waals surface area contributed by atoms with E-state index in [2.05, 4.69) is 56.7 Å². The predicted octanol–water partition coefficient (Wildman–Crippen LogP) is 3.03. The molecule has 5 rings (SSSR count). The highest BCUT2D eigenvalue weighted by Gasteiger charge is 2.38. The first-order chi connectivity index (χ1) is 17.5. The number of aromatic amines is 1. The van der Waals surface area contributed by atoms with E-state index in [-0.39, 0.29) is 23.7 Å². The number of aryl methyl sites for hydroxylation is 1. The van der Waals surface area contributed by atoms with Crippen LogP contribution in [0.2, 0.25) is 0 Å². The van der Waals surface area contributed by atoms with E-state index in [0.717, 1.165) is 11.9 Å². The van der Waals surface area contributed by atoms with Crippen molar-refractivity contribution in [2.75, 3.05) is 20.2 Å². The van der Waals surface area contributed by atoms with E-state index in [1.165, 1.54) is 29.2 Å². The zero-order valence-corrected chi connectivity index (χ0v) is 20.5. The molecule has 0 saturated carbocycles. The fourth-order valence-corrected chi connectivity index (χ4v) is 4.95. The Bertz CT molecular complexity index is 1380. The molecule has 0 aliphatic carbocycles. The number of methoxy groups -OCH3 is 1. The molecule has 1 fully saturated rings. The van der Waals surface area contributed by atoms with Crippen molar-refractivity contribution < 1.29 is 14.3 Å². The average Bonchev–Trinajstić information content (AvgIpc) is 3.64. The molecular formula is C27H30N6O3. The Kier molecular flexibility index (Phi) is 6.81. The number of hydrogen-bond donors (Lipinski definition) is 2. The molecule has 9 nitrogen and oxygen atoms in total. The molecule has 2 N–H and O–H groups in total. The third-order valence-electron chi connectivity index (χ3n) is 6.97. The average molecular weight is 487 g/mol. The number of rotatable bonds is 8. The monoisotopic (exact) mass is 486 g/mol. The van der Waals surface area contributed by atoms with Crippen molar-refractivity contribution in [1.29, 1.82) is 0 Å². The maximum Gasteiger partial charge on any atom is 0.360 e. The van der Waals surface area contributed by atoms with Crippen molar-refractivity contribution in [2.24, 2.45) is 0 Å². The fourth-order valence-electron chi connectivity index (χ4n) is 4.95. The molecule has 1 amide bonds. The molecule has 186 valence electrons. The summed E-state index contributed by atoms with van der Waals surface area (Å²) in [5, 5.41) is 12.4. The van der Waals surface area contributed by atoms with Gasteiger partial charge in [-0.15, -0.1) is 5.10 Å². The second kappa shape index (κ2) is 10.3. The van der Waals surface area contributed by atoms with Crippen LogP contribution in [0.3, 0.4) is 0 Å². The number of H-pyrrole nitrogens is 1. The van der Waals surface area contributed by atoms with Gasteiger partial charge >= 0.3 is 5.97 Å². The number of fused-ring (bicyclic) bond motifs is 1. The number of hydrogen-bond acceptors (Lipinski definition) is 6. The van der Waals surface area contributed by atoms with Gasteiger partial charge in [-0.25, -0.2) is 9.48 Å². The van der Waals surface area contributed by atoms with E-state index in [4.69, 9.17) is 4.74 Å². The summed E-state index contributed by atoms with van der Waals surface area (Å²) >= 11 is 0. The molecule has 2 aromatic heterocycles. The lowest BCUT2D eigenvalue weighted by molar-refractivity contribution is -0.125. The van der Waals surface area contributed by atoms with Crippen LogP contribution < -0.4 is 5.32 Å². The van der Waals surface area contributed by atoms with Gasteiger partial charge in [-0.3, -0.25) is 9.69 Å². The Hall–Kier alpha value is -3.98. The van der Waals surface area contributed by atoms with Gasteiger partial charge in [0.25, 0.3) is 0 Å². The first-order valence-corrected chi connectivity index (χ1v) is 12.1. The Morgan fingerprint density at radius 3 is 2.78 bits per heavy atom. The Labute approximate surface area is 209 Å². The molecule has 1 aliphatic rings. The predicted molar refractivity (Wildman–Crippen MR) is 135 cm³/mol. The lowest BCUT2D eigenvalue weighted by Gasteiger charge is -2.24. The van der Waals surface area contributed by atoms with Crippen molar-refractivity contribution in [2.45, 2.75) is 38.4 Å². The highest BCUT2D eigenvalue weighted by Crippen LogP contribution is 2.29. The molecule has 36 heavy (non-hydrogen) atoms. The second-order valence-corrected chi connectivity index (χ2v) is 9.24. The minimum absolute atomic E-state index is 0.000711. The van der Waals surface area contributed by atoms with E-state index in [1.54, 1.807) is 10.9 Å². The number of aromatic nitrogens is 4. The number of amides is 1. The summed E-state index contributed by atoms with van der Waals surface area (Å²) in [6, 6.07) is 16.0. The summed E-state index contributed by atoms with van der Waals surface area (Å²) < 4.78 is 6.43. The number of carbonyl (C=O) groups is 2. The standard InChI is InChI=1S/C27H30N6O3/c1-18-7-3-4-8-20(18)15-32-16-21(33-17-24(30-31-33)27(35)36-2)13-25(32)26(34)28-12-11-19-14-29-23-10-6-5-9-22(19)23/h3-10,14,17,21,25,29H,11-13,15-16H2,1-2H3,(H,28,34)/t21-,25+/m1/s1. The molecule has 4 aromatic rings. The molecule has 1 saturated heterocycles. The zero-order valence-electron chi connectivity index (χ0n) is 20.5. The van der Waals surface area contributed by atoms with Crippen LogP contribution in [0, 0.1) is 6.92 Å². The minimum atomic E-state index is -0.525. The van der Waals surface area contributed by atoms with Gasteiger partial charge in [0.2, 0.25) is 5.91 Å². The number of carbonyl (C=O) groups excluding carboxylic acids is 2. The summed E-state index contributed by atoms with van der Waals surface area (Å²) in [6.45, 7) is 3.91. The molecule has 9 heteroatoms. The van der Waals surface area contributed by atoms with Gasteiger partial charge < -0.3 is 15.0 Å². The molecule has 1 aliphatic heterocycles. The molecule has 0 bridgehead atoms. The highest BCUT2D eigenvalue weighted by molar-refractivity contribution is 5.86. The summed E-state index contributed by atoms with van der Waals surface area (Å²) in [5.74, 6) is -0.526. The van der Waals surface area contributed by atoms with Gasteiger partial charge in [-0.05, 0) is 42.5 Å². The maximum atomic E-state index is 13.4. The van der Waals surface area contributed by atoms with Crippen LogP contribution in [-0.4, -0.2) is 63.0 Å². The Morgan fingerprint density at radius 2 is 1.94 bits per heavy atom. The number of nitrogens with zero attached hydrogens (tertiary/aromatic N) is 4. The number of esters is 1. The van der Waals surface area contributed by atoms with Gasteiger partial charge in [-0.2, -0.15) is 0 Å². The zero-order chi connectivity index (χ0) is 25.1. The van der Waals surface area contributed by atoms with Crippen LogP contribution in [0.4, 0.5) is 0 Å². The normalized spacial score (nSPS) is 17.9. The van der Waals surface area contributed by atoms with Crippen molar-refractivity contribution in [3.63, 3.8) is 0 Å². The van der Waals surface area contributed by atoms with Gasteiger partial charge in [0.1, 0.15) is 0 Å².